The van der Waals surface area contributed by atoms with Gasteiger partial charge in [-0.05, 0) is 76.9 Å². The van der Waals surface area contributed by atoms with Crippen molar-refractivity contribution >= 4 is 76.2 Å². The number of nitrogens with one attached hydrogen (secondary N) is 2. The lowest BCUT2D eigenvalue weighted by atomic mass is 10.2. The standard InChI is InChI=1S/C13H6Br2F6N2O2S.C12H13NO4S.C7H8/c1-4-22-10(12(16,17)18)9(26-4)11(24)23-8-6(14)2-5(3-7(8)15)25-13(19,20)21;1-9-11(18(15,16)8-7-17-9)12(14)13-10-5-3-2-4-6-10;1-7-5-3-2-4-6-7/h2-3H,1H3,(H,23,24);2-6H,7-8H2,1H3,(H,13,14);2-6H,1H3. The zero-order chi connectivity index (χ0) is 38.1. The van der Waals surface area contributed by atoms with Crippen molar-refractivity contribution in [3.8, 4) is 5.75 Å². The third-order valence-corrected chi connectivity index (χ3v) is 10.2. The molecule has 3 aromatic carbocycles. The van der Waals surface area contributed by atoms with Gasteiger partial charge >= 0.3 is 12.5 Å². The zero-order valence-corrected chi connectivity index (χ0v) is 31.4. The monoisotopic (exact) mass is 885 g/mol. The average molecular weight is 888 g/mol. The number of carbonyl (C=O) groups excluding carboxylic acids is 2. The van der Waals surface area contributed by atoms with Crippen molar-refractivity contribution in [3.05, 3.63) is 114 Å². The van der Waals surface area contributed by atoms with E-state index < -0.39 is 50.5 Å². The molecule has 0 unspecified atom stereocenters. The van der Waals surface area contributed by atoms with Crippen LogP contribution < -0.4 is 15.4 Å². The summed E-state index contributed by atoms with van der Waals surface area (Å²) in [6.07, 6.45) is -9.75. The maximum absolute atomic E-state index is 13.0. The van der Waals surface area contributed by atoms with Crippen LogP contribution in [0.15, 0.2) is 92.4 Å². The van der Waals surface area contributed by atoms with Gasteiger partial charge in [-0.15, -0.1) is 24.5 Å². The SMILES string of the molecule is CC1=C(C(=O)Nc2ccccc2)S(=O)(=O)CCO1.Cc1ccccc1.Cc1nc(C(F)(F)F)c(C(=O)Nc2c(Br)cc(OC(F)(F)F)cc2Br)s1. The second kappa shape index (κ2) is 17.5. The number of anilines is 2. The normalized spacial score (nSPS) is 13.8. The summed E-state index contributed by atoms with van der Waals surface area (Å²) >= 11 is 6.43. The van der Waals surface area contributed by atoms with E-state index in [1.807, 2.05) is 18.2 Å². The highest BCUT2D eigenvalue weighted by Gasteiger charge is 2.39. The highest BCUT2D eigenvalue weighted by Crippen LogP contribution is 2.39. The van der Waals surface area contributed by atoms with Gasteiger partial charge in [0.1, 0.15) is 23.0 Å². The third-order valence-electron chi connectivity index (χ3n) is 6.18. The Morgan fingerprint density at radius 1 is 0.863 bits per heavy atom. The summed E-state index contributed by atoms with van der Waals surface area (Å²) in [5.41, 5.74) is 0.469. The molecule has 0 saturated heterocycles. The Labute approximate surface area is 309 Å². The van der Waals surface area contributed by atoms with Crippen LogP contribution in [0.25, 0.3) is 0 Å². The number of nitrogens with zero attached hydrogens (tertiary/aromatic N) is 1. The number of ether oxygens (including phenoxy) is 2. The summed E-state index contributed by atoms with van der Waals surface area (Å²) in [4.78, 5) is 26.6. The Balaban J connectivity index is 0.000000240. The van der Waals surface area contributed by atoms with Crippen LogP contribution in [0.1, 0.15) is 32.9 Å². The van der Waals surface area contributed by atoms with E-state index in [0.717, 1.165) is 12.1 Å². The van der Waals surface area contributed by atoms with Gasteiger partial charge in [0, 0.05) is 14.6 Å². The summed E-state index contributed by atoms with van der Waals surface area (Å²) < 4.78 is 108. The summed E-state index contributed by atoms with van der Waals surface area (Å²) in [5, 5.41) is 4.79. The first kappa shape index (κ1) is 41.5. The Kier molecular flexibility index (Phi) is 14.3. The van der Waals surface area contributed by atoms with Crippen molar-refractivity contribution in [2.24, 2.45) is 0 Å². The molecule has 1 aromatic heterocycles. The minimum Gasteiger partial charge on any atom is -0.496 e. The Bertz CT molecular complexity index is 1970. The molecule has 0 bridgehead atoms. The number of halogens is 8. The number of benzene rings is 3. The van der Waals surface area contributed by atoms with E-state index in [1.165, 1.54) is 19.4 Å². The van der Waals surface area contributed by atoms with Crippen LogP contribution in [0.2, 0.25) is 0 Å². The predicted octanol–water partition coefficient (Wildman–Crippen LogP) is 9.44. The number of alkyl halides is 6. The smallest absolute Gasteiger partial charge is 0.496 e. The fourth-order valence-corrected chi connectivity index (χ4v) is 7.56. The second-order valence-corrected chi connectivity index (χ2v) is 15.2. The van der Waals surface area contributed by atoms with Crippen molar-refractivity contribution in [3.63, 3.8) is 0 Å². The molecule has 9 nitrogen and oxygen atoms in total. The van der Waals surface area contributed by atoms with Crippen molar-refractivity contribution < 1.29 is 53.8 Å². The molecule has 0 aliphatic carbocycles. The van der Waals surface area contributed by atoms with Gasteiger partial charge in [-0.25, -0.2) is 13.4 Å². The third kappa shape index (κ3) is 12.7. The lowest BCUT2D eigenvalue weighted by Gasteiger charge is -2.18. The van der Waals surface area contributed by atoms with Crippen LogP contribution in [0.3, 0.4) is 0 Å². The largest absolute Gasteiger partial charge is 0.573 e. The van der Waals surface area contributed by atoms with Gasteiger partial charge in [0.2, 0.25) is 0 Å². The van der Waals surface area contributed by atoms with Gasteiger partial charge in [0.05, 0.1) is 16.4 Å². The van der Waals surface area contributed by atoms with Gasteiger partial charge in [-0.1, -0.05) is 54.1 Å². The number of aryl methyl sites for hydroxylation is 2. The fraction of sp³-hybridized carbons (Fsp3) is 0.219. The first-order chi connectivity index (χ1) is 23.7. The molecule has 2 heterocycles. The molecular formula is C32H27Br2F6N3O6S2. The predicted molar refractivity (Wildman–Crippen MR) is 187 cm³/mol. The molecule has 0 saturated carbocycles. The highest BCUT2D eigenvalue weighted by atomic mass is 79.9. The molecule has 274 valence electrons. The van der Waals surface area contributed by atoms with Crippen molar-refractivity contribution in [2.75, 3.05) is 23.0 Å². The molecule has 1 aliphatic heterocycles. The van der Waals surface area contributed by atoms with E-state index in [0.29, 0.717) is 17.0 Å². The van der Waals surface area contributed by atoms with Crippen LogP contribution >= 0.6 is 43.2 Å². The van der Waals surface area contributed by atoms with E-state index in [9.17, 15) is 44.3 Å². The number of rotatable bonds is 5. The molecule has 0 atom stereocenters. The van der Waals surface area contributed by atoms with Gasteiger partial charge in [0.15, 0.2) is 20.4 Å². The lowest BCUT2D eigenvalue weighted by molar-refractivity contribution is -0.274. The minimum absolute atomic E-state index is 0.0331. The summed E-state index contributed by atoms with van der Waals surface area (Å²) in [6.45, 7) is 4.97. The Morgan fingerprint density at radius 2 is 1.41 bits per heavy atom. The van der Waals surface area contributed by atoms with Gasteiger partial charge in [0.25, 0.3) is 11.8 Å². The topological polar surface area (TPSA) is 124 Å². The van der Waals surface area contributed by atoms with Crippen LogP contribution in [0.5, 0.6) is 5.75 Å². The second-order valence-electron chi connectivity index (χ2n) is 10.2. The quantitative estimate of drug-likeness (QED) is 0.192. The number of para-hydroxylation sites is 1. The van der Waals surface area contributed by atoms with Crippen LogP contribution in [0.4, 0.5) is 37.7 Å². The fourth-order valence-electron chi connectivity index (χ4n) is 4.04. The molecule has 0 spiro atoms. The van der Waals surface area contributed by atoms with Crippen molar-refractivity contribution in [2.45, 2.75) is 33.3 Å². The Morgan fingerprint density at radius 3 is 1.88 bits per heavy atom. The molecule has 5 rings (SSSR count). The number of allylic oxidation sites excluding steroid dienone is 1. The molecule has 19 heteroatoms. The number of hydrogen-bond donors (Lipinski definition) is 2. The maximum Gasteiger partial charge on any atom is 0.573 e. The van der Waals surface area contributed by atoms with E-state index in [1.54, 1.807) is 30.3 Å². The molecular weight excluding hydrogens is 860 g/mol. The van der Waals surface area contributed by atoms with Crippen molar-refractivity contribution in [1.29, 1.82) is 0 Å². The average Bonchev–Trinajstić information content (AvgIpc) is 3.42. The molecule has 51 heavy (non-hydrogen) atoms. The number of carbonyl (C=O) groups is 2. The Hall–Kier alpha value is -3.94. The van der Waals surface area contributed by atoms with E-state index in [4.69, 9.17) is 4.74 Å². The molecule has 1 aliphatic rings. The van der Waals surface area contributed by atoms with Crippen LogP contribution in [-0.2, 0) is 25.5 Å². The number of thiazole rings is 1. The molecule has 2 amide bonds. The number of sulfone groups is 1. The molecule has 2 N–H and O–H groups in total. The summed E-state index contributed by atoms with van der Waals surface area (Å²) in [5.74, 6) is -2.36. The van der Waals surface area contributed by atoms with Gasteiger partial charge in [-0.3, -0.25) is 9.59 Å². The summed E-state index contributed by atoms with van der Waals surface area (Å²) in [6, 6.07) is 20.8. The molecule has 0 radical (unpaired) electrons. The number of aromatic nitrogens is 1. The molecule has 0 fully saturated rings. The van der Waals surface area contributed by atoms with Crippen molar-refractivity contribution in [1.82, 2.24) is 4.98 Å². The first-order valence-electron chi connectivity index (χ1n) is 14.2. The van der Waals surface area contributed by atoms with Gasteiger partial charge < -0.3 is 20.1 Å². The van der Waals surface area contributed by atoms with Crippen LogP contribution in [-0.4, -0.2) is 43.9 Å². The zero-order valence-electron chi connectivity index (χ0n) is 26.6. The van der Waals surface area contributed by atoms with E-state index in [2.05, 4.69) is 71.3 Å². The molecule has 4 aromatic rings. The number of hydrogen-bond acceptors (Lipinski definition) is 8. The van der Waals surface area contributed by atoms with Gasteiger partial charge in [-0.2, -0.15) is 13.2 Å². The van der Waals surface area contributed by atoms with E-state index >= 15 is 0 Å². The maximum atomic E-state index is 13.0. The highest BCUT2D eigenvalue weighted by molar-refractivity contribution is 9.11. The van der Waals surface area contributed by atoms with Crippen LogP contribution in [0, 0.1) is 13.8 Å². The number of amides is 2. The lowest BCUT2D eigenvalue weighted by Crippen LogP contribution is -2.29. The first-order valence-corrected chi connectivity index (χ1v) is 18.3. The minimum atomic E-state index is -4.93. The summed E-state index contributed by atoms with van der Waals surface area (Å²) in [7, 11) is -3.55. The van der Waals surface area contributed by atoms with E-state index in [-0.39, 0.29) is 42.7 Å².